The van der Waals surface area contributed by atoms with Gasteiger partial charge in [-0.1, -0.05) is 0 Å². The molecule has 1 aromatic rings. The van der Waals surface area contributed by atoms with Crippen molar-refractivity contribution >= 4 is 17.4 Å². The Morgan fingerprint density at radius 3 is 2.71 bits per heavy atom. The number of anilines is 1. The maximum Gasteiger partial charge on any atom is 0.319 e. The zero-order valence-corrected chi connectivity index (χ0v) is 12.0. The van der Waals surface area contributed by atoms with Gasteiger partial charge in [0.15, 0.2) is 0 Å². The van der Waals surface area contributed by atoms with E-state index in [1.807, 2.05) is 6.92 Å². The highest BCUT2D eigenvalue weighted by Gasteiger charge is 2.21. The van der Waals surface area contributed by atoms with Gasteiger partial charge in [0.2, 0.25) is 0 Å². The molecule has 1 heterocycles. The first-order chi connectivity index (χ1) is 10.1. The van der Waals surface area contributed by atoms with E-state index in [1.165, 1.54) is 24.3 Å². The molecule has 0 spiro atoms. The molecule has 0 saturated carbocycles. The van der Waals surface area contributed by atoms with E-state index in [9.17, 15) is 14.9 Å². The number of hydrogen-bond donors (Lipinski definition) is 3. The number of nitro groups is 1. The molecule has 2 rings (SSSR count). The number of benzene rings is 1. The van der Waals surface area contributed by atoms with Crippen molar-refractivity contribution in [1.82, 2.24) is 10.6 Å². The fourth-order valence-corrected chi connectivity index (χ4v) is 2.46. The van der Waals surface area contributed by atoms with Crippen LogP contribution in [0.25, 0.3) is 0 Å². The lowest BCUT2D eigenvalue weighted by Crippen LogP contribution is -2.45. The van der Waals surface area contributed by atoms with Crippen LogP contribution in [0.5, 0.6) is 0 Å². The summed E-state index contributed by atoms with van der Waals surface area (Å²) in [6.45, 7) is 3.95. The van der Waals surface area contributed by atoms with Crippen molar-refractivity contribution in [3.63, 3.8) is 0 Å². The molecule has 2 amide bonds. The molecular formula is C14H20N4O3. The highest BCUT2D eigenvalue weighted by molar-refractivity contribution is 5.89. The molecule has 114 valence electrons. The molecule has 2 unspecified atom stereocenters. The minimum absolute atomic E-state index is 0.00241. The Hall–Kier alpha value is -2.15. The molecule has 1 aromatic carbocycles. The largest absolute Gasteiger partial charge is 0.335 e. The number of non-ortho nitro benzene ring substituents is 1. The van der Waals surface area contributed by atoms with E-state index in [0.717, 1.165) is 25.9 Å². The fraction of sp³-hybridized carbons (Fsp3) is 0.500. The minimum atomic E-state index is -0.470. The van der Waals surface area contributed by atoms with E-state index in [1.54, 1.807) is 0 Å². The van der Waals surface area contributed by atoms with Gasteiger partial charge in [0.05, 0.1) is 4.92 Å². The van der Waals surface area contributed by atoms with Crippen LogP contribution in [0, 0.1) is 16.0 Å². The summed E-state index contributed by atoms with van der Waals surface area (Å²) in [5.41, 5.74) is 0.537. The lowest BCUT2D eigenvalue weighted by molar-refractivity contribution is -0.384. The Morgan fingerprint density at radius 2 is 2.14 bits per heavy atom. The average Bonchev–Trinajstić information content (AvgIpc) is 2.48. The predicted molar refractivity (Wildman–Crippen MR) is 80.3 cm³/mol. The third-order valence-corrected chi connectivity index (χ3v) is 3.74. The van der Waals surface area contributed by atoms with Crippen molar-refractivity contribution in [1.29, 1.82) is 0 Å². The standard InChI is InChI=1S/C14H20N4O3/c1-10(11-3-2-8-15-9-11)16-14(19)17-12-4-6-13(7-5-12)18(20)21/h4-7,10-11,15H,2-3,8-9H2,1H3,(H2,16,17,19). The molecule has 21 heavy (non-hydrogen) atoms. The maximum atomic E-state index is 11.9. The highest BCUT2D eigenvalue weighted by Crippen LogP contribution is 2.16. The molecule has 3 N–H and O–H groups in total. The smallest absolute Gasteiger partial charge is 0.319 e. The molecular weight excluding hydrogens is 272 g/mol. The van der Waals surface area contributed by atoms with Crippen LogP contribution in [0.2, 0.25) is 0 Å². The lowest BCUT2D eigenvalue weighted by Gasteiger charge is -2.28. The summed E-state index contributed by atoms with van der Waals surface area (Å²) in [5, 5.41) is 19.5. The number of piperidine rings is 1. The van der Waals surface area contributed by atoms with Crippen LogP contribution in [-0.4, -0.2) is 30.1 Å². The molecule has 2 atom stereocenters. The van der Waals surface area contributed by atoms with Gasteiger partial charge >= 0.3 is 6.03 Å². The van der Waals surface area contributed by atoms with E-state index < -0.39 is 4.92 Å². The minimum Gasteiger partial charge on any atom is -0.335 e. The predicted octanol–water partition coefficient (Wildman–Crippen LogP) is 2.10. The van der Waals surface area contributed by atoms with Gasteiger partial charge in [0.25, 0.3) is 5.69 Å². The van der Waals surface area contributed by atoms with Crippen LogP contribution in [0.3, 0.4) is 0 Å². The van der Waals surface area contributed by atoms with Crippen LogP contribution in [-0.2, 0) is 0 Å². The summed E-state index contributed by atoms with van der Waals surface area (Å²) in [6, 6.07) is 5.56. The van der Waals surface area contributed by atoms with Crippen LogP contribution in [0.1, 0.15) is 19.8 Å². The Morgan fingerprint density at radius 1 is 1.43 bits per heavy atom. The lowest BCUT2D eigenvalue weighted by atomic mass is 9.93. The van der Waals surface area contributed by atoms with E-state index in [0.29, 0.717) is 11.6 Å². The number of amides is 2. The molecule has 0 bridgehead atoms. The Kier molecular flexibility index (Phi) is 5.10. The summed E-state index contributed by atoms with van der Waals surface area (Å²) >= 11 is 0. The summed E-state index contributed by atoms with van der Waals surface area (Å²) in [6.07, 6.45) is 2.23. The van der Waals surface area contributed by atoms with Crippen molar-refractivity contribution in [3.05, 3.63) is 34.4 Å². The molecule has 0 aromatic heterocycles. The van der Waals surface area contributed by atoms with E-state index >= 15 is 0 Å². The third kappa shape index (κ3) is 4.42. The summed E-state index contributed by atoms with van der Waals surface area (Å²) in [5.74, 6) is 0.432. The second-order valence-corrected chi connectivity index (χ2v) is 5.30. The van der Waals surface area contributed by atoms with Gasteiger partial charge in [-0.3, -0.25) is 10.1 Å². The number of rotatable bonds is 4. The first-order valence-corrected chi connectivity index (χ1v) is 7.09. The zero-order chi connectivity index (χ0) is 15.2. The second kappa shape index (κ2) is 7.03. The van der Waals surface area contributed by atoms with E-state index in [4.69, 9.17) is 0 Å². The van der Waals surface area contributed by atoms with Gasteiger partial charge in [-0.25, -0.2) is 4.79 Å². The van der Waals surface area contributed by atoms with Gasteiger partial charge in [0.1, 0.15) is 0 Å². The number of carbonyl (C=O) groups is 1. The quantitative estimate of drug-likeness (QED) is 0.585. The van der Waals surface area contributed by atoms with Gasteiger partial charge in [-0.2, -0.15) is 0 Å². The van der Waals surface area contributed by atoms with Gasteiger partial charge < -0.3 is 16.0 Å². The van der Waals surface area contributed by atoms with E-state index in [2.05, 4.69) is 16.0 Å². The summed E-state index contributed by atoms with van der Waals surface area (Å²) in [4.78, 5) is 22.0. The maximum absolute atomic E-state index is 11.9. The van der Waals surface area contributed by atoms with Crippen LogP contribution >= 0.6 is 0 Å². The molecule has 1 aliphatic heterocycles. The SMILES string of the molecule is CC(NC(=O)Nc1ccc([N+](=O)[O-])cc1)C1CCCNC1. The molecule has 1 fully saturated rings. The summed E-state index contributed by atoms with van der Waals surface area (Å²) < 4.78 is 0. The molecule has 0 radical (unpaired) electrons. The van der Waals surface area contributed by atoms with Crippen molar-refractivity contribution in [2.24, 2.45) is 5.92 Å². The molecule has 7 nitrogen and oxygen atoms in total. The Labute approximate surface area is 123 Å². The second-order valence-electron chi connectivity index (χ2n) is 5.30. The normalized spacial score (nSPS) is 19.6. The van der Waals surface area contributed by atoms with Crippen molar-refractivity contribution in [2.75, 3.05) is 18.4 Å². The topological polar surface area (TPSA) is 96.3 Å². The fourth-order valence-electron chi connectivity index (χ4n) is 2.46. The number of nitrogens with one attached hydrogen (secondary N) is 3. The first-order valence-electron chi connectivity index (χ1n) is 7.09. The first kappa shape index (κ1) is 15.2. The monoisotopic (exact) mass is 292 g/mol. The number of hydrogen-bond acceptors (Lipinski definition) is 4. The van der Waals surface area contributed by atoms with Crippen molar-refractivity contribution in [2.45, 2.75) is 25.8 Å². The molecule has 0 aliphatic carbocycles. The van der Waals surface area contributed by atoms with E-state index in [-0.39, 0.29) is 17.8 Å². The number of carbonyl (C=O) groups excluding carboxylic acids is 1. The Balaban J connectivity index is 1.84. The van der Waals surface area contributed by atoms with Gasteiger partial charge in [0, 0.05) is 23.9 Å². The van der Waals surface area contributed by atoms with Crippen LogP contribution < -0.4 is 16.0 Å². The number of nitrogens with zero attached hydrogens (tertiary/aromatic N) is 1. The number of urea groups is 1. The molecule has 1 saturated heterocycles. The van der Waals surface area contributed by atoms with Gasteiger partial charge in [-0.15, -0.1) is 0 Å². The highest BCUT2D eigenvalue weighted by atomic mass is 16.6. The molecule has 1 aliphatic rings. The van der Waals surface area contributed by atoms with Crippen LogP contribution in [0.4, 0.5) is 16.2 Å². The average molecular weight is 292 g/mol. The Bertz CT molecular complexity index is 497. The number of nitro benzene ring substituents is 1. The molecule has 7 heteroatoms. The van der Waals surface area contributed by atoms with Gasteiger partial charge in [-0.05, 0) is 50.9 Å². The summed E-state index contributed by atoms with van der Waals surface area (Å²) in [7, 11) is 0. The van der Waals surface area contributed by atoms with Crippen molar-refractivity contribution < 1.29 is 9.72 Å². The van der Waals surface area contributed by atoms with Crippen LogP contribution in [0.15, 0.2) is 24.3 Å². The van der Waals surface area contributed by atoms with Crippen molar-refractivity contribution in [3.8, 4) is 0 Å². The zero-order valence-electron chi connectivity index (χ0n) is 12.0. The third-order valence-electron chi connectivity index (χ3n) is 3.74.